The van der Waals surface area contributed by atoms with Gasteiger partial charge in [0.2, 0.25) is 5.79 Å². The zero-order valence-corrected chi connectivity index (χ0v) is 29.6. The molecule has 262 valence electrons. The van der Waals surface area contributed by atoms with Crippen molar-refractivity contribution in [3.63, 3.8) is 0 Å². The molecule has 14 heteroatoms. The zero-order valence-electron chi connectivity index (χ0n) is 28.1. The Labute approximate surface area is 300 Å². The number of aromatic nitrogens is 6. The van der Waals surface area contributed by atoms with E-state index in [1.165, 1.54) is 6.33 Å². The lowest BCUT2D eigenvalue weighted by atomic mass is 10.1. The summed E-state index contributed by atoms with van der Waals surface area (Å²) >= 11 is 12.7. The largest absolute Gasteiger partial charge is 0.491 e. The smallest absolute Gasteiger partial charge is 0.350 e. The highest BCUT2D eigenvalue weighted by Crippen LogP contribution is 2.40. The number of rotatable bonds is 12. The van der Waals surface area contributed by atoms with E-state index < -0.39 is 5.79 Å². The molecule has 0 saturated carbocycles. The minimum Gasteiger partial charge on any atom is -0.491 e. The van der Waals surface area contributed by atoms with Crippen LogP contribution < -0.4 is 20.2 Å². The van der Waals surface area contributed by atoms with Gasteiger partial charge in [0.15, 0.2) is 0 Å². The molecule has 0 amide bonds. The van der Waals surface area contributed by atoms with E-state index in [1.54, 1.807) is 38.7 Å². The van der Waals surface area contributed by atoms with E-state index in [0.717, 1.165) is 61.8 Å². The van der Waals surface area contributed by atoms with Crippen LogP contribution in [0.2, 0.25) is 10.0 Å². The second-order valence-electron chi connectivity index (χ2n) is 12.7. The first-order chi connectivity index (χ1) is 24.3. The van der Waals surface area contributed by atoms with Crippen molar-refractivity contribution >= 4 is 34.6 Å². The summed E-state index contributed by atoms with van der Waals surface area (Å²) in [4.78, 5) is 21.7. The maximum Gasteiger partial charge on any atom is 0.350 e. The van der Waals surface area contributed by atoms with Crippen LogP contribution in [0.25, 0.3) is 5.69 Å². The number of benzene rings is 3. The summed E-state index contributed by atoms with van der Waals surface area (Å²) < 4.78 is 23.7. The van der Waals surface area contributed by atoms with E-state index in [0.29, 0.717) is 28.8 Å². The van der Waals surface area contributed by atoms with Gasteiger partial charge in [-0.2, -0.15) is 10.2 Å². The van der Waals surface area contributed by atoms with Gasteiger partial charge in [0, 0.05) is 48.1 Å². The molecule has 0 N–H and O–H groups in total. The van der Waals surface area contributed by atoms with E-state index in [9.17, 15) is 4.79 Å². The Balaban J connectivity index is 0.921. The first-order valence-corrected chi connectivity index (χ1v) is 17.7. The van der Waals surface area contributed by atoms with Gasteiger partial charge in [-0.25, -0.2) is 23.7 Å². The van der Waals surface area contributed by atoms with Crippen molar-refractivity contribution in [1.29, 1.82) is 0 Å². The molecule has 3 atom stereocenters. The number of anilines is 2. The standard InChI is InChI=1S/C36H40Cl2N8O4/c1-3-4-26(2)46-35(47)45(25-41-46)30-8-6-28(7-9-30)42-15-17-43(18-16-42)29-10-12-31(13-11-29)48-20-32-21-49-36(50-32,22-44-24-39-23-40-44)33-14-5-27(37)19-34(33)38/h5-14,19,23-26,32H,3-4,15-18,20-22H2,1-2H3/t26?,32-,36-/m1/s1. The van der Waals surface area contributed by atoms with Crippen LogP contribution in [0.4, 0.5) is 11.4 Å². The fourth-order valence-electron chi connectivity index (χ4n) is 6.61. The summed E-state index contributed by atoms with van der Waals surface area (Å²) in [6, 6.07) is 21.6. The van der Waals surface area contributed by atoms with Crippen molar-refractivity contribution in [1.82, 2.24) is 29.1 Å². The van der Waals surface area contributed by atoms with Crippen molar-refractivity contribution in [2.24, 2.45) is 0 Å². The van der Waals surface area contributed by atoms with Gasteiger partial charge < -0.3 is 24.0 Å². The molecule has 5 aromatic rings. The predicted octanol–water partition coefficient (Wildman–Crippen LogP) is 5.97. The van der Waals surface area contributed by atoms with Gasteiger partial charge in [0.1, 0.15) is 44.0 Å². The second-order valence-corrected chi connectivity index (χ2v) is 13.5. The monoisotopic (exact) mass is 718 g/mol. The SMILES string of the molecule is CCCC(C)n1ncn(-c2ccc(N3CCN(c4ccc(OC[C@@H]5CO[C@@](Cn6cncn6)(c6ccc(Cl)cc6Cl)O5)cc4)CC3)cc2)c1=O. The first kappa shape index (κ1) is 34.1. The Morgan fingerprint density at radius 3 is 2.24 bits per heavy atom. The number of nitrogens with zero attached hydrogens (tertiary/aromatic N) is 8. The predicted molar refractivity (Wildman–Crippen MR) is 193 cm³/mol. The van der Waals surface area contributed by atoms with Gasteiger partial charge in [-0.15, -0.1) is 0 Å². The second kappa shape index (κ2) is 14.9. The maximum absolute atomic E-state index is 12.9. The van der Waals surface area contributed by atoms with Crippen molar-refractivity contribution in [3.05, 3.63) is 112 Å². The van der Waals surface area contributed by atoms with Gasteiger partial charge in [-0.1, -0.05) is 42.6 Å². The summed E-state index contributed by atoms with van der Waals surface area (Å²) in [5, 5.41) is 9.56. The molecule has 0 bridgehead atoms. The van der Waals surface area contributed by atoms with E-state index in [1.807, 2.05) is 37.3 Å². The van der Waals surface area contributed by atoms with Gasteiger partial charge in [0.25, 0.3) is 0 Å². The molecule has 12 nitrogen and oxygen atoms in total. The molecule has 2 fully saturated rings. The number of hydrogen-bond donors (Lipinski definition) is 0. The van der Waals surface area contributed by atoms with E-state index in [4.69, 9.17) is 37.4 Å². The van der Waals surface area contributed by atoms with Crippen LogP contribution in [0.3, 0.4) is 0 Å². The lowest BCUT2D eigenvalue weighted by molar-refractivity contribution is -0.190. The Morgan fingerprint density at radius 2 is 1.60 bits per heavy atom. The third-order valence-electron chi connectivity index (χ3n) is 9.27. The molecule has 2 aliphatic heterocycles. The van der Waals surface area contributed by atoms with E-state index in [2.05, 4.69) is 56.2 Å². The molecule has 2 aliphatic rings. The lowest BCUT2D eigenvalue weighted by Gasteiger charge is -2.37. The molecular weight excluding hydrogens is 679 g/mol. The Bertz CT molecular complexity index is 1920. The van der Waals surface area contributed by atoms with Gasteiger partial charge >= 0.3 is 5.69 Å². The molecule has 0 aliphatic carbocycles. The van der Waals surface area contributed by atoms with Crippen LogP contribution in [0.5, 0.6) is 5.75 Å². The Hall–Kier alpha value is -4.36. The highest BCUT2D eigenvalue weighted by atomic mass is 35.5. The quantitative estimate of drug-likeness (QED) is 0.154. The van der Waals surface area contributed by atoms with Crippen LogP contribution in [0.15, 0.2) is 90.5 Å². The highest BCUT2D eigenvalue weighted by molar-refractivity contribution is 6.35. The Morgan fingerprint density at radius 1 is 0.920 bits per heavy atom. The topological polar surface area (TPSA) is 105 Å². The third kappa shape index (κ3) is 7.25. The average molecular weight is 720 g/mol. The molecule has 2 aromatic heterocycles. The van der Waals surface area contributed by atoms with Crippen LogP contribution >= 0.6 is 23.2 Å². The van der Waals surface area contributed by atoms with Crippen LogP contribution in [0, 0.1) is 0 Å². The summed E-state index contributed by atoms with van der Waals surface area (Å²) in [5.41, 5.74) is 3.66. The molecule has 0 spiro atoms. The van der Waals surface area contributed by atoms with Crippen molar-refractivity contribution in [2.45, 2.75) is 51.2 Å². The maximum atomic E-state index is 12.9. The van der Waals surface area contributed by atoms with Gasteiger partial charge in [-0.05, 0) is 74.0 Å². The minimum atomic E-state index is -1.16. The summed E-state index contributed by atoms with van der Waals surface area (Å²) in [6.07, 6.45) is 6.28. The molecular formula is C36H40Cl2N8O4. The highest BCUT2D eigenvalue weighted by Gasteiger charge is 2.45. The molecule has 0 radical (unpaired) electrons. The molecule has 3 aromatic carbocycles. The fraction of sp³-hybridized carbons (Fsp3) is 0.389. The number of ether oxygens (including phenoxy) is 3. The van der Waals surface area contributed by atoms with Crippen LogP contribution in [-0.2, 0) is 21.8 Å². The number of halogens is 2. The summed E-state index contributed by atoms with van der Waals surface area (Å²) in [6.45, 7) is 8.58. The minimum absolute atomic E-state index is 0.0784. The fourth-order valence-corrected chi connectivity index (χ4v) is 7.16. The summed E-state index contributed by atoms with van der Waals surface area (Å²) in [7, 11) is 0. The lowest BCUT2D eigenvalue weighted by Crippen LogP contribution is -2.46. The summed E-state index contributed by atoms with van der Waals surface area (Å²) in [5.74, 6) is -0.410. The number of piperazine rings is 1. The third-order valence-corrected chi connectivity index (χ3v) is 9.81. The van der Waals surface area contributed by atoms with Crippen molar-refractivity contribution < 1.29 is 14.2 Å². The van der Waals surface area contributed by atoms with Crippen molar-refractivity contribution in [2.75, 3.05) is 49.2 Å². The molecule has 7 rings (SSSR count). The molecule has 4 heterocycles. The molecule has 2 saturated heterocycles. The number of hydrogen-bond acceptors (Lipinski definition) is 9. The van der Waals surface area contributed by atoms with Crippen LogP contribution in [0.1, 0.15) is 38.3 Å². The normalized spacial score (nSPS) is 20.0. The van der Waals surface area contributed by atoms with Crippen molar-refractivity contribution in [3.8, 4) is 11.4 Å². The molecule has 1 unspecified atom stereocenters. The molecule has 50 heavy (non-hydrogen) atoms. The van der Waals surface area contributed by atoms with Gasteiger partial charge in [-0.3, -0.25) is 0 Å². The van der Waals surface area contributed by atoms with Gasteiger partial charge in [0.05, 0.1) is 23.4 Å². The average Bonchev–Trinajstić information content (AvgIpc) is 3.89. The Kier molecular flexibility index (Phi) is 10.1. The van der Waals surface area contributed by atoms with E-state index >= 15 is 0 Å². The van der Waals surface area contributed by atoms with E-state index in [-0.39, 0.29) is 24.4 Å². The van der Waals surface area contributed by atoms with Crippen LogP contribution in [-0.4, -0.2) is 74.6 Å². The zero-order chi connectivity index (χ0) is 34.7. The first-order valence-electron chi connectivity index (χ1n) is 16.9.